The molecule has 1 heterocycles. The molecule has 0 N–H and O–H groups in total. The van der Waals surface area contributed by atoms with E-state index in [0.29, 0.717) is 4.90 Å². The predicted octanol–water partition coefficient (Wildman–Crippen LogP) is 3.03. The zero-order valence-corrected chi connectivity index (χ0v) is 16.0. The smallest absolute Gasteiger partial charge is 0.175 e. The van der Waals surface area contributed by atoms with Gasteiger partial charge in [0.1, 0.15) is 0 Å². The normalized spacial score (nSPS) is 16.2. The highest BCUT2D eigenvalue weighted by molar-refractivity contribution is 7.90. The van der Waals surface area contributed by atoms with E-state index in [1.807, 2.05) is 12.1 Å². The summed E-state index contributed by atoms with van der Waals surface area (Å²) >= 11 is 0. The Balaban J connectivity index is 1.61. The van der Waals surface area contributed by atoms with Crippen molar-refractivity contribution in [3.63, 3.8) is 0 Å². The van der Waals surface area contributed by atoms with Crippen molar-refractivity contribution in [3.05, 3.63) is 59.2 Å². The first kappa shape index (κ1) is 18.0. The van der Waals surface area contributed by atoms with Crippen LogP contribution in [-0.2, 0) is 16.4 Å². The maximum atomic E-state index is 11.5. The number of hydrogen-bond donors (Lipinski definition) is 0. The molecular formula is C20H26N2O2S. The van der Waals surface area contributed by atoms with Crippen molar-refractivity contribution < 1.29 is 8.42 Å². The van der Waals surface area contributed by atoms with Gasteiger partial charge in [0.2, 0.25) is 0 Å². The number of anilines is 1. The van der Waals surface area contributed by atoms with Gasteiger partial charge in [0, 0.05) is 44.7 Å². The molecule has 2 aromatic carbocycles. The molecule has 0 bridgehead atoms. The number of nitrogens with zero attached hydrogens (tertiary/aromatic N) is 2. The summed E-state index contributed by atoms with van der Waals surface area (Å²) in [6, 6.07) is 13.7. The molecule has 3 rings (SSSR count). The van der Waals surface area contributed by atoms with Crippen molar-refractivity contribution in [2.45, 2.75) is 25.3 Å². The van der Waals surface area contributed by atoms with Gasteiger partial charge >= 0.3 is 0 Å². The summed E-state index contributed by atoms with van der Waals surface area (Å²) in [5, 5.41) is 0. The number of aryl methyl sites for hydroxylation is 2. The second-order valence-corrected chi connectivity index (χ2v) is 8.94. The summed E-state index contributed by atoms with van der Waals surface area (Å²) in [5.41, 5.74) is 5.21. The minimum Gasteiger partial charge on any atom is -0.369 e. The van der Waals surface area contributed by atoms with Crippen molar-refractivity contribution in [2.24, 2.45) is 0 Å². The molecule has 1 saturated heterocycles. The van der Waals surface area contributed by atoms with Crippen LogP contribution < -0.4 is 4.90 Å². The predicted molar refractivity (Wildman–Crippen MR) is 103 cm³/mol. The van der Waals surface area contributed by atoms with Crippen molar-refractivity contribution in [2.75, 3.05) is 37.3 Å². The van der Waals surface area contributed by atoms with Crippen LogP contribution in [0.15, 0.2) is 47.4 Å². The van der Waals surface area contributed by atoms with Crippen molar-refractivity contribution in [1.29, 1.82) is 0 Å². The molecule has 1 aliphatic heterocycles. The van der Waals surface area contributed by atoms with Crippen LogP contribution in [0.1, 0.15) is 16.7 Å². The zero-order valence-electron chi connectivity index (χ0n) is 15.2. The Hall–Kier alpha value is -1.85. The van der Waals surface area contributed by atoms with Crippen LogP contribution in [0.3, 0.4) is 0 Å². The highest BCUT2D eigenvalue weighted by Crippen LogP contribution is 2.26. The van der Waals surface area contributed by atoms with E-state index in [1.54, 1.807) is 12.1 Å². The lowest BCUT2D eigenvalue weighted by Gasteiger charge is -2.37. The van der Waals surface area contributed by atoms with E-state index in [4.69, 9.17) is 0 Å². The summed E-state index contributed by atoms with van der Waals surface area (Å²) in [6.45, 7) is 9.30. The molecule has 1 fully saturated rings. The molecule has 1 aliphatic rings. The quantitative estimate of drug-likeness (QED) is 0.842. The molecule has 5 heteroatoms. The minimum atomic E-state index is -3.12. The van der Waals surface area contributed by atoms with E-state index in [1.165, 1.54) is 23.1 Å². The molecule has 0 aromatic heterocycles. The molecule has 25 heavy (non-hydrogen) atoms. The van der Waals surface area contributed by atoms with Gasteiger partial charge in [0.15, 0.2) is 9.84 Å². The first-order valence-electron chi connectivity index (χ1n) is 8.67. The summed E-state index contributed by atoms with van der Waals surface area (Å²) in [6.07, 6.45) is 1.24. The van der Waals surface area contributed by atoms with Crippen LogP contribution in [-0.4, -0.2) is 45.8 Å². The van der Waals surface area contributed by atoms with Crippen LogP contribution in [0.2, 0.25) is 0 Å². The van der Waals surface area contributed by atoms with Crippen molar-refractivity contribution >= 4 is 15.5 Å². The Kier molecular flexibility index (Phi) is 5.16. The summed E-state index contributed by atoms with van der Waals surface area (Å²) in [4.78, 5) is 5.30. The van der Waals surface area contributed by atoms with Crippen LogP contribution >= 0.6 is 0 Å². The third-order valence-electron chi connectivity index (χ3n) is 4.89. The Morgan fingerprint density at radius 1 is 0.880 bits per heavy atom. The lowest BCUT2D eigenvalue weighted by molar-refractivity contribution is 0.249. The Labute approximate surface area is 151 Å². The first-order chi connectivity index (χ1) is 11.8. The van der Waals surface area contributed by atoms with E-state index in [-0.39, 0.29) is 0 Å². The average molecular weight is 359 g/mol. The topological polar surface area (TPSA) is 40.6 Å². The van der Waals surface area contributed by atoms with Crippen molar-refractivity contribution in [3.8, 4) is 0 Å². The molecular weight excluding hydrogens is 332 g/mol. The molecule has 2 aromatic rings. The number of para-hydroxylation sites is 1. The molecule has 0 atom stereocenters. The van der Waals surface area contributed by atoms with Gasteiger partial charge in [-0.3, -0.25) is 4.90 Å². The SMILES string of the molecule is Cc1cccc(C)c1N1CCN(Cc2ccc(S(C)(=O)=O)cc2)CC1. The summed E-state index contributed by atoms with van der Waals surface area (Å²) in [7, 11) is -3.12. The number of benzene rings is 2. The molecule has 0 unspecified atom stereocenters. The Morgan fingerprint density at radius 3 is 1.96 bits per heavy atom. The fraction of sp³-hybridized carbons (Fsp3) is 0.400. The fourth-order valence-electron chi connectivity index (χ4n) is 3.53. The van der Waals surface area contributed by atoms with E-state index in [9.17, 15) is 8.42 Å². The average Bonchev–Trinajstić information content (AvgIpc) is 2.56. The molecule has 4 nitrogen and oxygen atoms in total. The van der Waals surface area contributed by atoms with Gasteiger partial charge in [-0.05, 0) is 42.7 Å². The van der Waals surface area contributed by atoms with Gasteiger partial charge in [0.05, 0.1) is 4.90 Å². The highest BCUT2D eigenvalue weighted by atomic mass is 32.2. The number of sulfone groups is 1. The number of piperazine rings is 1. The molecule has 134 valence electrons. The number of rotatable bonds is 4. The summed E-state index contributed by atoms with van der Waals surface area (Å²) < 4.78 is 23.1. The largest absolute Gasteiger partial charge is 0.369 e. The summed E-state index contributed by atoms with van der Waals surface area (Å²) in [5.74, 6) is 0. The third kappa shape index (κ3) is 4.22. The lowest BCUT2D eigenvalue weighted by atomic mass is 10.1. The maximum absolute atomic E-state index is 11.5. The van der Waals surface area contributed by atoms with Crippen LogP contribution in [0.4, 0.5) is 5.69 Å². The van der Waals surface area contributed by atoms with Gasteiger partial charge in [-0.25, -0.2) is 8.42 Å². The first-order valence-corrected chi connectivity index (χ1v) is 10.6. The monoisotopic (exact) mass is 358 g/mol. The molecule has 0 aliphatic carbocycles. The highest BCUT2D eigenvalue weighted by Gasteiger charge is 2.19. The molecule has 0 radical (unpaired) electrons. The van der Waals surface area contributed by atoms with Gasteiger partial charge in [0.25, 0.3) is 0 Å². The third-order valence-corrected chi connectivity index (χ3v) is 6.01. The van der Waals surface area contributed by atoms with Gasteiger partial charge in [-0.1, -0.05) is 30.3 Å². The van der Waals surface area contributed by atoms with E-state index >= 15 is 0 Å². The number of hydrogen-bond acceptors (Lipinski definition) is 4. The van der Waals surface area contributed by atoms with Crippen molar-refractivity contribution in [1.82, 2.24) is 4.90 Å². The Bertz CT molecular complexity index is 816. The maximum Gasteiger partial charge on any atom is 0.175 e. The fourth-order valence-corrected chi connectivity index (χ4v) is 4.16. The van der Waals surface area contributed by atoms with E-state index in [2.05, 4.69) is 41.8 Å². The molecule has 0 amide bonds. The minimum absolute atomic E-state index is 0.385. The van der Waals surface area contributed by atoms with Crippen LogP contribution in [0.5, 0.6) is 0 Å². The second-order valence-electron chi connectivity index (χ2n) is 6.92. The second kappa shape index (κ2) is 7.18. The van der Waals surface area contributed by atoms with Gasteiger partial charge in [-0.2, -0.15) is 0 Å². The standard InChI is InChI=1S/C20H26N2O2S/c1-16-5-4-6-17(2)20(16)22-13-11-21(12-14-22)15-18-7-9-19(10-8-18)25(3,23)24/h4-10H,11-15H2,1-3H3. The lowest BCUT2D eigenvalue weighted by Crippen LogP contribution is -2.46. The van der Waals surface area contributed by atoms with E-state index in [0.717, 1.165) is 38.3 Å². The van der Waals surface area contributed by atoms with Crippen LogP contribution in [0, 0.1) is 13.8 Å². The molecule has 0 spiro atoms. The van der Waals surface area contributed by atoms with Crippen LogP contribution in [0.25, 0.3) is 0 Å². The van der Waals surface area contributed by atoms with Gasteiger partial charge in [-0.15, -0.1) is 0 Å². The Morgan fingerprint density at radius 2 is 1.44 bits per heavy atom. The van der Waals surface area contributed by atoms with E-state index < -0.39 is 9.84 Å². The van der Waals surface area contributed by atoms with Gasteiger partial charge < -0.3 is 4.90 Å². The zero-order chi connectivity index (χ0) is 18.0. The molecule has 0 saturated carbocycles.